The second kappa shape index (κ2) is 5.39. The third-order valence-electron chi connectivity index (χ3n) is 1.59. The van der Waals surface area contributed by atoms with Crippen LogP contribution in [0.4, 0.5) is 5.82 Å². The molecule has 0 saturated heterocycles. The van der Waals surface area contributed by atoms with Crippen molar-refractivity contribution in [2.45, 2.75) is 6.42 Å². The summed E-state index contributed by atoms with van der Waals surface area (Å²) in [6, 6.07) is 0. The molecule has 0 aliphatic heterocycles. The molecule has 0 atom stereocenters. The average Bonchev–Trinajstić information content (AvgIpc) is 2.20. The van der Waals surface area contributed by atoms with Crippen molar-refractivity contribution in [1.82, 2.24) is 15.3 Å². The first-order valence-electron chi connectivity index (χ1n) is 4.14. The van der Waals surface area contributed by atoms with E-state index in [-0.39, 0.29) is 5.91 Å². The third kappa shape index (κ3) is 3.18. The molecule has 2 N–H and O–H groups in total. The van der Waals surface area contributed by atoms with Crippen molar-refractivity contribution in [3.05, 3.63) is 17.5 Å². The molecule has 5 nitrogen and oxygen atoms in total. The first-order chi connectivity index (χ1) is 6.74. The van der Waals surface area contributed by atoms with E-state index in [1.807, 2.05) is 0 Å². The number of hydrogen-bond acceptors (Lipinski definition) is 4. The fraction of sp³-hybridized carbons (Fsp3) is 0.375. The van der Waals surface area contributed by atoms with Gasteiger partial charge in [-0.2, -0.15) is 0 Å². The zero-order valence-electron chi connectivity index (χ0n) is 7.75. The van der Waals surface area contributed by atoms with Crippen LogP contribution in [0.2, 0.25) is 5.02 Å². The number of halogens is 1. The second-order valence-electron chi connectivity index (χ2n) is 2.57. The van der Waals surface area contributed by atoms with Crippen LogP contribution in [0.1, 0.15) is 6.42 Å². The molecule has 6 heteroatoms. The molecule has 76 valence electrons. The molecule has 14 heavy (non-hydrogen) atoms. The summed E-state index contributed by atoms with van der Waals surface area (Å²) in [7, 11) is 1.60. The van der Waals surface area contributed by atoms with E-state index in [9.17, 15) is 4.79 Å². The van der Waals surface area contributed by atoms with Crippen molar-refractivity contribution >= 4 is 23.3 Å². The fourth-order valence-electron chi connectivity index (χ4n) is 0.862. The van der Waals surface area contributed by atoms with Crippen molar-refractivity contribution in [2.75, 3.05) is 18.9 Å². The minimum absolute atomic E-state index is 0.0253. The van der Waals surface area contributed by atoms with Crippen molar-refractivity contribution in [1.29, 1.82) is 0 Å². The summed E-state index contributed by atoms with van der Waals surface area (Å²) in [6.45, 7) is 0.496. The summed E-state index contributed by atoms with van der Waals surface area (Å²) in [5.41, 5.74) is 0. The standard InChI is InChI=1S/C8H11ClN4O/c1-10-7(14)2-3-12-8-6(9)4-11-5-13-8/h4-5H,2-3H2,1H3,(H,10,14)(H,11,12,13). The maximum atomic E-state index is 10.9. The lowest BCUT2D eigenvalue weighted by Gasteiger charge is -2.05. The summed E-state index contributed by atoms with van der Waals surface area (Å²) < 4.78 is 0. The van der Waals surface area contributed by atoms with Crippen LogP contribution in [0.5, 0.6) is 0 Å². The highest BCUT2D eigenvalue weighted by Crippen LogP contribution is 2.15. The molecular weight excluding hydrogens is 204 g/mol. The van der Waals surface area contributed by atoms with Gasteiger partial charge in [-0.3, -0.25) is 4.79 Å². The highest BCUT2D eigenvalue weighted by Gasteiger charge is 2.01. The van der Waals surface area contributed by atoms with Crippen LogP contribution >= 0.6 is 11.6 Å². The predicted molar refractivity (Wildman–Crippen MR) is 54.2 cm³/mol. The maximum Gasteiger partial charge on any atom is 0.221 e. The summed E-state index contributed by atoms with van der Waals surface area (Å²) in [6.07, 6.45) is 3.28. The average molecular weight is 215 g/mol. The number of anilines is 1. The summed E-state index contributed by atoms with van der Waals surface area (Å²) >= 11 is 5.79. The van der Waals surface area contributed by atoms with Gasteiger partial charge in [0.2, 0.25) is 5.91 Å². The van der Waals surface area contributed by atoms with Crippen LogP contribution < -0.4 is 10.6 Å². The molecule has 0 radical (unpaired) electrons. The van der Waals surface area contributed by atoms with E-state index in [2.05, 4.69) is 20.6 Å². The fourth-order valence-corrected chi connectivity index (χ4v) is 1.03. The molecule has 0 saturated carbocycles. The van der Waals surface area contributed by atoms with Crippen molar-refractivity contribution in [3.8, 4) is 0 Å². The summed E-state index contributed by atoms with van der Waals surface area (Å²) in [5, 5.41) is 5.90. The Balaban J connectivity index is 2.39. The smallest absolute Gasteiger partial charge is 0.221 e. The number of nitrogens with one attached hydrogen (secondary N) is 2. The first-order valence-corrected chi connectivity index (χ1v) is 4.52. The van der Waals surface area contributed by atoms with Gasteiger partial charge in [0.1, 0.15) is 17.2 Å². The van der Waals surface area contributed by atoms with E-state index in [1.54, 1.807) is 7.05 Å². The molecule has 1 heterocycles. The molecule has 1 aromatic heterocycles. The Morgan fingerprint density at radius 3 is 3.07 bits per heavy atom. The van der Waals surface area contributed by atoms with E-state index in [4.69, 9.17) is 11.6 Å². The molecule has 0 aliphatic rings. The van der Waals surface area contributed by atoms with Crippen molar-refractivity contribution < 1.29 is 4.79 Å². The van der Waals surface area contributed by atoms with E-state index in [1.165, 1.54) is 12.5 Å². The van der Waals surface area contributed by atoms with Crippen LogP contribution in [-0.2, 0) is 4.79 Å². The highest BCUT2D eigenvalue weighted by molar-refractivity contribution is 6.32. The number of rotatable bonds is 4. The second-order valence-corrected chi connectivity index (χ2v) is 2.98. The van der Waals surface area contributed by atoms with E-state index in [0.717, 1.165) is 0 Å². The van der Waals surface area contributed by atoms with Crippen molar-refractivity contribution in [3.63, 3.8) is 0 Å². The quantitative estimate of drug-likeness (QED) is 0.774. The van der Waals surface area contributed by atoms with Gasteiger partial charge in [-0.25, -0.2) is 9.97 Å². The van der Waals surface area contributed by atoms with Gasteiger partial charge in [0.25, 0.3) is 0 Å². The number of carbonyl (C=O) groups is 1. The minimum Gasteiger partial charge on any atom is -0.368 e. The van der Waals surface area contributed by atoms with Crippen LogP contribution in [0.3, 0.4) is 0 Å². The highest BCUT2D eigenvalue weighted by atomic mass is 35.5. The third-order valence-corrected chi connectivity index (χ3v) is 1.87. The molecule has 1 aromatic rings. The van der Waals surface area contributed by atoms with Gasteiger partial charge in [-0.1, -0.05) is 11.6 Å². The van der Waals surface area contributed by atoms with E-state index in [0.29, 0.717) is 23.8 Å². The Hall–Kier alpha value is -1.36. The summed E-state index contributed by atoms with van der Waals surface area (Å²) in [5.74, 6) is 0.522. The molecule has 1 amide bonds. The van der Waals surface area contributed by atoms with Gasteiger partial charge in [0, 0.05) is 20.0 Å². The number of nitrogens with zero attached hydrogens (tertiary/aromatic N) is 2. The number of carbonyl (C=O) groups excluding carboxylic acids is 1. The minimum atomic E-state index is -0.0253. The Labute approximate surface area is 86.9 Å². The molecule has 0 spiro atoms. The van der Waals surface area contributed by atoms with Crippen LogP contribution in [0.15, 0.2) is 12.5 Å². The first kappa shape index (κ1) is 10.7. The lowest BCUT2D eigenvalue weighted by atomic mass is 10.4. The van der Waals surface area contributed by atoms with Gasteiger partial charge in [0.15, 0.2) is 0 Å². The zero-order chi connectivity index (χ0) is 10.4. The van der Waals surface area contributed by atoms with Gasteiger partial charge in [-0.15, -0.1) is 0 Å². The monoisotopic (exact) mass is 214 g/mol. The van der Waals surface area contributed by atoms with Gasteiger partial charge < -0.3 is 10.6 Å². The number of amides is 1. The van der Waals surface area contributed by atoms with Crippen LogP contribution in [-0.4, -0.2) is 29.5 Å². The molecule has 0 aliphatic carbocycles. The normalized spacial score (nSPS) is 9.57. The van der Waals surface area contributed by atoms with E-state index < -0.39 is 0 Å². The SMILES string of the molecule is CNC(=O)CCNc1ncncc1Cl. The molecule has 1 rings (SSSR count). The van der Waals surface area contributed by atoms with Gasteiger partial charge in [-0.05, 0) is 0 Å². The van der Waals surface area contributed by atoms with Crippen LogP contribution in [0.25, 0.3) is 0 Å². The molecule has 0 aromatic carbocycles. The van der Waals surface area contributed by atoms with Gasteiger partial charge >= 0.3 is 0 Å². The number of aromatic nitrogens is 2. The number of hydrogen-bond donors (Lipinski definition) is 2. The maximum absolute atomic E-state index is 10.9. The topological polar surface area (TPSA) is 66.9 Å². The largest absolute Gasteiger partial charge is 0.368 e. The molecule has 0 fully saturated rings. The Bertz CT molecular complexity index is 318. The molecular formula is C8H11ClN4O. The Kier molecular flexibility index (Phi) is 4.12. The zero-order valence-corrected chi connectivity index (χ0v) is 8.51. The molecule has 0 unspecified atom stereocenters. The van der Waals surface area contributed by atoms with Crippen molar-refractivity contribution in [2.24, 2.45) is 0 Å². The predicted octanol–water partition coefficient (Wildman–Crippen LogP) is 0.678. The van der Waals surface area contributed by atoms with Gasteiger partial charge in [0.05, 0.1) is 6.20 Å². The lowest BCUT2D eigenvalue weighted by molar-refractivity contribution is -0.120. The Morgan fingerprint density at radius 2 is 2.43 bits per heavy atom. The lowest BCUT2D eigenvalue weighted by Crippen LogP contribution is -2.21. The summed E-state index contributed by atoms with van der Waals surface area (Å²) in [4.78, 5) is 18.5. The molecule has 0 bridgehead atoms. The van der Waals surface area contributed by atoms with E-state index >= 15 is 0 Å². The Morgan fingerprint density at radius 1 is 1.64 bits per heavy atom. The van der Waals surface area contributed by atoms with Crippen LogP contribution in [0, 0.1) is 0 Å².